The molecule has 5 rings (SSSR count). The Bertz CT molecular complexity index is 1140. The Kier molecular flexibility index (Phi) is 4.51. The number of nitrogens with zero attached hydrogens (tertiary/aromatic N) is 6. The van der Waals surface area contributed by atoms with E-state index in [0.29, 0.717) is 18.1 Å². The van der Waals surface area contributed by atoms with E-state index < -0.39 is 0 Å². The van der Waals surface area contributed by atoms with Crippen LogP contribution in [0.15, 0.2) is 36.8 Å². The summed E-state index contributed by atoms with van der Waals surface area (Å²) >= 11 is 0. The molecule has 0 radical (unpaired) electrons. The molecule has 1 saturated carbocycles. The molecule has 4 aromatic rings. The van der Waals surface area contributed by atoms with E-state index >= 15 is 0 Å². The molecule has 0 bridgehead atoms. The first-order valence-corrected chi connectivity index (χ1v) is 9.92. The lowest BCUT2D eigenvalue weighted by Crippen LogP contribution is -2.30. The molecule has 1 fully saturated rings. The molecule has 1 aliphatic carbocycles. The number of hydrogen-bond acceptors (Lipinski definition) is 7. The average Bonchev–Trinajstić information content (AvgIpc) is 3.40. The zero-order valence-electron chi connectivity index (χ0n) is 16.5. The van der Waals surface area contributed by atoms with Gasteiger partial charge in [0.05, 0.1) is 18.0 Å². The summed E-state index contributed by atoms with van der Waals surface area (Å²) in [6.45, 7) is 0. The van der Waals surface area contributed by atoms with E-state index in [4.69, 9.17) is 19.8 Å². The normalized spacial score (nSPS) is 19.7. The first-order chi connectivity index (χ1) is 14.2. The summed E-state index contributed by atoms with van der Waals surface area (Å²) < 4.78 is 9.07. The van der Waals surface area contributed by atoms with Crippen LogP contribution in [0.2, 0.25) is 0 Å². The Morgan fingerprint density at radius 1 is 1.03 bits per heavy atom. The molecule has 0 aromatic carbocycles. The van der Waals surface area contributed by atoms with Crippen molar-refractivity contribution in [3.05, 3.63) is 36.8 Å². The number of nitrogens with one attached hydrogen (secondary N) is 2. The number of rotatable bonds is 5. The number of methoxy groups -OCH3 is 1. The van der Waals surface area contributed by atoms with Gasteiger partial charge in [-0.3, -0.25) is 0 Å². The van der Waals surface area contributed by atoms with E-state index in [9.17, 15) is 0 Å². The maximum absolute atomic E-state index is 5.47. The van der Waals surface area contributed by atoms with E-state index in [1.807, 2.05) is 42.2 Å². The number of fused-ring (bicyclic) bond motifs is 2. The molecule has 29 heavy (non-hydrogen) atoms. The lowest BCUT2D eigenvalue weighted by molar-refractivity contribution is 0.0681. The maximum Gasteiger partial charge on any atom is 0.243 e. The molecule has 0 spiro atoms. The van der Waals surface area contributed by atoms with Crippen LogP contribution in [0.4, 0.5) is 11.8 Å². The standard InChI is InChI=1S/C20H24N8O/c1-21-19-18-15(16-9-12-27-17(24-16)7-10-22-27)8-11-28(18)26-20(25-19)23-13-3-5-14(29-2)6-4-13/h7-14H,3-6H2,1-2H3,(H2,21,23,25,26). The molecule has 9 heteroatoms. The summed E-state index contributed by atoms with van der Waals surface area (Å²) in [5, 5.41) is 15.6. The molecule has 0 unspecified atom stereocenters. The van der Waals surface area contributed by atoms with Crippen molar-refractivity contribution in [1.29, 1.82) is 0 Å². The zero-order valence-corrected chi connectivity index (χ0v) is 16.5. The molecule has 0 saturated heterocycles. The SMILES string of the molecule is CNc1nc(NC2CCC(OC)CC2)nn2ccc(-c3ccn4nccc4n3)c12. The van der Waals surface area contributed by atoms with Gasteiger partial charge in [-0.15, -0.1) is 5.10 Å². The van der Waals surface area contributed by atoms with Crippen molar-refractivity contribution in [2.24, 2.45) is 0 Å². The second-order valence-electron chi connectivity index (χ2n) is 7.36. The van der Waals surface area contributed by atoms with Crippen LogP contribution < -0.4 is 10.6 Å². The third-order valence-corrected chi connectivity index (χ3v) is 5.62. The first kappa shape index (κ1) is 17.9. The molecule has 2 N–H and O–H groups in total. The van der Waals surface area contributed by atoms with Gasteiger partial charge in [-0.2, -0.15) is 10.1 Å². The van der Waals surface area contributed by atoms with E-state index in [1.165, 1.54) is 0 Å². The maximum atomic E-state index is 5.47. The van der Waals surface area contributed by atoms with Crippen molar-refractivity contribution in [1.82, 2.24) is 29.2 Å². The fourth-order valence-electron chi connectivity index (χ4n) is 4.05. The van der Waals surface area contributed by atoms with Crippen molar-refractivity contribution >= 4 is 22.9 Å². The average molecular weight is 392 g/mol. The van der Waals surface area contributed by atoms with Crippen LogP contribution in [-0.2, 0) is 4.74 Å². The summed E-state index contributed by atoms with van der Waals surface area (Å²) in [5.74, 6) is 1.40. The summed E-state index contributed by atoms with van der Waals surface area (Å²) in [6, 6.07) is 6.23. The predicted molar refractivity (Wildman–Crippen MR) is 111 cm³/mol. The molecule has 4 heterocycles. The highest BCUT2D eigenvalue weighted by Gasteiger charge is 2.22. The largest absolute Gasteiger partial charge is 0.381 e. The van der Waals surface area contributed by atoms with Crippen molar-refractivity contribution in [2.45, 2.75) is 37.8 Å². The lowest BCUT2D eigenvalue weighted by atomic mass is 9.93. The summed E-state index contributed by atoms with van der Waals surface area (Å²) in [6.07, 6.45) is 10.2. The molecular weight excluding hydrogens is 368 g/mol. The van der Waals surface area contributed by atoms with Crippen LogP contribution in [0.1, 0.15) is 25.7 Å². The Morgan fingerprint density at radius 2 is 1.86 bits per heavy atom. The lowest BCUT2D eigenvalue weighted by Gasteiger charge is -2.28. The van der Waals surface area contributed by atoms with Crippen molar-refractivity contribution in [2.75, 3.05) is 24.8 Å². The quantitative estimate of drug-likeness (QED) is 0.539. The van der Waals surface area contributed by atoms with Gasteiger partial charge >= 0.3 is 0 Å². The molecule has 9 nitrogen and oxygen atoms in total. The predicted octanol–water partition coefficient (Wildman–Crippen LogP) is 2.85. The highest BCUT2D eigenvalue weighted by atomic mass is 16.5. The second kappa shape index (κ2) is 7.32. The monoisotopic (exact) mass is 392 g/mol. The summed E-state index contributed by atoms with van der Waals surface area (Å²) in [4.78, 5) is 9.44. The zero-order chi connectivity index (χ0) is 19.8. The van der Waals surface area contributed by atoms with Gasteiger partial charge in [-0.25, -0.2) is 14.0 Å². The number of ether oxygens (including phenoxy) is 1. The Balaban J connectivity index is 1.47. The van der Waals surface area contributed by atoms with Gasteiger partial charge in [0.15, 0.2) is 11.5 Å². The third-order valence-electron chi connectivity index (χ3n) is 5.62. The van der Waals surface area contributed by atoms with Gasteiger partial charge in [-0.1, -0.05) is 0 Å². The van der Waals surface area contributed by atoms with Crippen molar-refractivity contribution < 1.29 is 4.74 Å². The van der Waals surface area contributed by atoms with Crippen LogP contribution in [0.3, 0.4) is 0 Å². The molecule has 4 aromatic heterocycles. The minimum absolute atomic E-state index is 0.365. The number of anilines is 2. The number of aromatic nitrogens is 6. The fraction of sp³-hybridized carbons (Fsp3) is 0.400. The third kappa shape index (κ3) is 3.27. The van der Waals surface area contributed by atoms with Crippen molar-refractivity contribution in [3.8, 4) is 11.3 Å². The van der Waals surface area contributed by atoms with Gasteiger partial charge in [-0.05, 0) is 37.8 Å². The van der Waals surface area contributed by atoms with Gasteiger partial charge in [0.2, 0.25) is 5.95 Å². The van der Waals surface area contributed by atoms with E-state index in [-0.39, 0.29) is 0 Å². The van der Waals surface area contributed by atoms with E-state index in [1.54, 1.807) is 17.8 Å². The van der Waals surface area contributed by atoms with Gasteiger partial charge in [0, 0.05) is 44.2 Å². The summed E-state index contributed by atoms with van der Waals surface area (Å²) in [7, 11) is 3.66. The molecular formula is C20H24N8O. The van der Waals surface area contributed by atoms with Crippen LogP contribution >= 0.6 is 0 Å². The van der Waals surface area contributed by atoms with Crippen LogP contribution in [-0.4, -0.2) is 55.5 Å². The van der Waals surface area contributed by atoms with Gasteiger partial charge in [0.1, 0.15) is 5.52 Å². The Labute approximate surface area is 168 Å². The highest BCUT2D eigenvalue weighted by molar-refractivity contribution is 5.87. The molecule has 1 aliphatic rings. The molecule has 0 atom stereocenters. The van der Waals surface area contributed by atoms with Crippen molar-refractivity contribution in [3.63, 3.8) is 0 Å². The molecule has 0 amide bonds. The van der Waals surface area contributed by atoms with Crippen LogP contribution in [0.25, 0.3) is 22.4 Å². The van der Waals surface area contributed by atoms with E-state index in [0.717, 1.165) is 53.9 Å². The van der Waals surface area contributed by atoms with Crippen LogP contribution in [0.5, 0.6) is 0 Å². The minimum atomic E-state index is 0.365. The Hall–Kier alpha value is -3.20. The van der Waals surface area contributed by atoms with Gasteiger partial charge < -0.3 is 15.4 Å². The topological polar surface area (TPSA) is 93.7 Å². The first-order valence-electron chi connectivity index (χ1n) is 9.92. The van der Waals surface area contributed by atoms with Crippen LogP contribution in [0, 0.1) is 0 Å². The summed E-state index contributed by atoms with van der Waals surface area (Å²) in [5.41, 5.74) is 3.54. The van der Waals surface area contributed by atoms with E-state index in [2.05, 4.69) is 15.7 Å². The minimum Gasteiger partial charge on any atom is -0.381 e. The fourth-order valence-corrected chi connectivity index (χ4v) is 4.05. The molecule has 150 valence electrons. The molecule has 0 aliphatic heterocycles. The smallest absolute Gasteiger partial charge is 0.243 e. The van der Waals surface area contributed by atoms with Gasteiger partial charge in [0.25, 0.3) is 0 Å². The highest BCUT2D eigenvalue weighted by Crippen LogP contribution is 2.30. The second-order valence-corrected chi connectivity index (χ2v) is 7.36. The number of hydrogen-bond donors (Lipinski definition) is 2. The Morgan fingerprint density at radius 3 is 2.66 bits per heavy atom.